The van der Waals surface area contributed by atoms with Gasteiger partial charge in [-0.1, -0.05) is 12.7 Å². The molecule has 0 radical (unpaired) electrons. The van der Waals surface area contributed by atoms with E-state index in [4.69, 9.17) is 5.73 Å². The summed E-state index contributed by atoms with van der Waals surface area (Å²) >= 11 is 0. The molecular formula is C7H14ClNO2. The average Bonchev–Trinajstić information content (AvgIpc) is 1.97. The Morgan fingerprint density at radius 1 is 1.64 bits per heavy atom. The SMILES string of the molecule is C=CCOC(=O)CCCN.Cl. The van der Waals surface area contributed by atoms with Crippen molar-refractivity contribution in [3.8, 4) is 0 Å². The third kappa shape index (κ3) is 9.46. The smallest absolute Gasteiger partial charge is 0.306 e. The van der Waals surface area contributed by atoms with Crippen LogP contribution in [0.5, 0.6) is 0 Å². The molecule has 0 bridgehead atoms. The largest absolute Gasteiger partial charge is 0.461 e. The van der Waals surface area contributed by atoms with Crippen LogP contribution in [0.15, 0.2) is 12.7 Å². The first-order valence-corrected chi connectivity index (χ1v) is 3.28. The van der Waals surface area contributed by atoms with Gasteiger partial charge < -0.3 is 10.5 Å². The molecule has 0 fully saturated rings. The first kappa shape index (κ1) is 13.1. The molecule has 0 spiro atoms. The summed E-state index contributed by atoms with van der Waals surface area (Å²) in [5, 5.41) is 0. The quantitative estimate of drug-likeness (QED) is 0.504. The first-order valence-electron chi connectivity index (χ1n) is 3.28. The third-order valence-corrected chi connectivity index (χ3v) is 0.947. The van der Waals surface area contributed by atoms with E-state index in [1.807, 2.05) is 0 Å². The molecular weight excluding hydrogens is 166 g/mol. The van der Waals surface area contributed by atoms with Crippen LogP contribution in [-0.2, 0) is 9.53 Å². The van der Waals surface area contributed by atoms with Gasteiger partial charge in [0, 0.05) is 6.42 Å². The molecule has 0 aliphatic rings. The Bertz CT molecular complexity index is 117. The van der Waals surface area contributed by atoms with E-state index >= 15 is 0 Å². The summed E-state index contributed by atoms with van der Waals surface area (Å²) in [6.07, 6.45) is 2.64. The van der Waals surface area contributed by atoms with Crippen molar-refractivity contribution in [2.24, 2.45) is 5.73 Å². The average molecular weight is 180 g/mol. The molecule has 0 aromatic heterocycles. The lowest BCUT2D eigenvalue weighted by atomic mass is 10.3. The van der Waals surface area contributed by atoms with E-state index in [0.717, 1.165) is 0 Å². The van der Waals surface area contributed by atoms with Gasteiger partial charge in [0.25, 0.3) is 0 Å². The summed E-state index contributed by atoms with van der Waals surface area (Å²) in [7, 11) is 0. The molecule has 0 rings (SSSR count). The minimum absolute atomic E-state index is 0. The van der Waals surface area contributed by atoms with Gasteiger partial charge in [-0.25, -0.2) is 0 Å². The Morgan fingerprint density at radius 3 is 2.73 bits per heavy atom. The number of nitrogens with two attached hydrogens (primary N) is 1. The fraction of sp³-hybridized carbons (Fsp3) is 0.571. The minimum atomic E-state index is -0.203. The lowest BCUT2D eigenvalue weighted by Gasteiger charge is -1.98. The van der Waals surface area contributed by atoms with E-state index in [2.05, 4.69) is 11.3 Å². The highest BCUT2D eigenvalue weighted by atomic mass is 35.5. The maximum Gasteiger partial charge on any atom is 0.306 e. The Hall–Kier alpha value is -0.540. The molecule has 0 saturated carbocycles. The molecule has 0 aromatic rings. The second-order valence-corrected chi connectivity index (χ2v) is 1.86. The minimum Gasteiger partial charge on any atom is -0.461 e. The van der Waals surface area contributed by atoms with Crippen molar-refractivity contribution in [2.45, 2.75) is 12.8 Å². The van der Waals surface area contributed by atoms with Gasteiger partial charge in [0.2, 0.25) is 0 Å². The standard InChI is InChI=1S/C7H13NO2.ClH/c1-2-6-10-7(9)4-3-5-8;/h2H,1,3-6,8H2;1H. The number of halogens is 1. The molecule has 2 N–H and O–H groups in total. The van der Waals surface area contributed by atoms with Crippen molar-refractivity contribution >= 4 is 18.4 Å². The van der Waals surface area contributed by atoms with Gasteiger partial charge in [-0.2, -0.15) is 0 Å². The molecule has 11 heavy (non-hydrogen) atoms. The zero-order valence-corrected chi connectivity index (χ0v) is 7.23. The zero-order valence-electron chi connectivity index (χ0n) is 6.41. The summed E-state index contributed by atoms with van der Waals surface area (Å²) < 4.78 is 4.68. The van der Waals surface area contributed by atoms with Crippen molar-refractivity contribution in [1.29, 1.82) is 0 Å². The fourth-order valence-corrected chi connectivity index (χ4v) is 0.470. The number of carbonyl (C=O) groups excluding carboxylic acids is 1. The van der Waals surface area contributed by atoms with Crippen molar-refractivity contribution in [2.75, 3.05) is 13.2 Å². The normalized spacial score (nSPS) is 8.09. The van der Waals surface area contributed by atoms with Crippen molar-refractivity contribution < 1.29 is 9.53 Å². The van der Waals surface area contributed by atoms with Gasteiger partial charge in [0.15, 0.2) is 0 Å². The lowest BCUT2D eigenvalue weighted by molar-refractivity contribution is -0.142. The van der Waals surface area contributed by atoms with E-state index < -0.39 is 0 Å². The summed E-state index contributed by atoms with van der Waals surface area (Å²) in [4.78, 5) is 10.6. The Balaban J connectivity index is 0. The molecule has 0 saturated heterocycles. The first-order chi connectivity index (χ1) is 4.81. The second-order valence-electron chi connectivity index (χ2n) is 1.86. The summed E-state index contributed by atoms with van der Waals surface area (Å²) in [6, 6.07) is 0. The number of hydrogen-bond acceptors (Lipinski definition) is 3. The molecule has 4 heteroatoms. The zero-order chi connectivity index (χ0) is 7.82. The van der Waals surface area contributed by atoms with Crippen LogP contribution in [0.3, 0.4) is 0 Å². The topological polar surface area (TPSA) is 52.3 Å². The van der Waals surface area contributed by atoms with Crippen molar-refractivity contribution in [3.05, 3.63) is 12.7 Å². The van der Waals surface area contributed by atoms with Crippen molar-refractivity contribution in [3.63, 3.8) is 0 Å². The predicted molar refractivity (Wildman–Crippen MR) is 46.7 cm³/mol. The Morgan fingerprint density at radius 2 is 2.27 bits per heavy atom. The number of esters is 1. The van der Waals surface area contributed by atoms with Crippen LogP contribution >= 0.6 is 12.4 Å². The second kappa shape index (κ2) is 9.46. The fourth-order valence-electron chi connectivity index (χ4n) is 0.470. The van der Waals surface area contributed by atoms with E-state index in [0.29, 0.717) is 26.0 Å². The molecule has 0 aromatic carbocycles. The molecule has 0 heterocycles. The number of carbonyl (C=O) groups is 1. The highest BCUT2D eigenvalue weighted by molar-refractivity contribution is 5.85. The molecule has 0 atom stereocenters. The molecule has 0 aliphatic carbocycles. The maximum absolute atomic E-state index is 10.6. The highest BCUT2D eigenvalue weighted by Crippen LogP contribution is 1.89. The maximum atomic E-state index is 10.6. The van der Waals surface area contributed by atoms with Gasteiger partial charge in [0.1, 0.15) is 6.61 Å². The Kier molecular flexibility index (Phi) is 11.2. The van der Waals surface area contributed by atoms with E-state index in [1.165, 1.54) is 0 Å². The summed E-state index contributed by atoms with van der Waals surface area (Å²) in [6.45, 7) is 4.24. The van der Waals surface area contributed by atoms with Gasteiger partial charge in [-0.05, 0) is 13.0 Å². The van der Waals surface area contributed by atoms with Crippen LogP contribution in [0.4, 0.5) is 0 Å². The number of ether oxygens (including phenoxy) is 1. The van der Waals surface area contributed by atoms with Crippen LogP contribution in [0.2, 0.25) is 0 Å². The molecule has 66 valence electrons. The predicted octanol–water partition coefficient (Wildman–Crippen LogP) is 0.876. The monoisotopic (exact) mass is 179 g/mol. The van der Waals surface area contributed by atoms with Gasteiger partial charge >= 0.3 is 5.97 Å². The van der Waals surface area contributed by atoms with Gasteiger partial charge in [-0.3, -0.25) is 4.79 Å². The van der Waals surface area contributed by atoms with Gasteiger partial charge in [0.05, 0.1) is 0 Å². The highest BCUT2D eigenvalue weighted by Gasteiger charge is 1.98. The van der Waals surface area contributed by atoms with Crippen LogP contribution in [0, 0.1) is 0 Å². The van der Waals surface area contributed by atoms with E-state index in [9.17, 15) is 4.79 Å². The van der Waals surface area contributed by atoms with Crippen LogP contribution in [-0.4, -0.2) is 19.1 Å². The van der Waals surface area contributed by atoms with Crippen LogP contribution < -0.4 is 5.73 Å². The number of hydrogen-bond donors (Lipinski definition) is 1. The van der Waals surface area contributed by atoms with Crippen LogP contribution in [0.25, 0.3) is 0 Å². The number of rotatable bonds is 5. The molecule has 0 amide bonds. The Labute approximate surface area is 73.0 Å². The third-order valence-electron chi connectivity index (χ3n) is 0.947. The van der Waals surface area contributed by atoms with E-state index in [-0.39, 0.29) is 18.4 Å². The lowest BCUT2D eigenvalue weighted by Crippen LogP contribution is -2.07. The summed E-state index contributed by atoms with van der Waals surface area (Å²) in [5.74, 6) is -0.203. The van der Waals surface area contributed by atoms with Crippen LogP contribution in [0.1, 0.15) is 12.8 Å². The van der Waals surface area contributed by atoms with Crippen molar-refractivity contribution in [1.82, 2.24) is 0 Å². The molecule has 0 unspecified atom stereocenters. The molecule has 3 nitrogen and oxygen atoms in total. The molecule has 0 aliphatic heterocycles. The van der Waals surface area contributed by atoms with Gasteiger partial charge in [-0.15, -0.1) is 12.4 Å². The van der Waals surface area contributed by atoms with E-state index in [1.54, 1.807) is 6.08 Å². The summed E-state index contributed by atoms with van der Waals surface area (Å²) in [5.41, 5.74) is 5.18.